The number of amides is 1. The third kappa shape index (κ3) is 3.73. The van der Waals surface area contributed by atoms with E-state index in [9.17, 15) is 4.79 Å². The molecule has 2 N–H and O–H groups in total. The summed E-state index contributed by atoms with van der Waals surface area (Å²) in [4.78, 5) is 15.4. The third-order valence-electron chi connectivity index (χ3n) is 2.33. The molecule has 6 heteroatoms. The van der Waals surface area contributed by atoms with Gasteiger partial charge in [0.05, 0.1) is 13.2 Å². The van der Waals surface area contributed by atoms with Crippen molar-refractivity contribution >= 4 is 23.1 Å². The molecule has 0 aliphatic carbocycles. The lowest BCUT2D eigenvalue weighted by Gasteiger charge is -2.32. The van der Waals surface area contributed by atoms with Crippen LogP contribution in [0.15, 0.2) is 0 Å². The number of nitrogens with two attached hydrogens (primary N) is 1. The first kappa shape index (κ1) is 12.4. The van der Waals surface area contributed by atoms with E-state index in [0.29, 0.717) is 24.7 Å². The van der Waals surface area contributed by atoms with E-state index in [1.807, 2.05) is 4.90 Å². The molecule has 0 aromatic heterocycles. The highest BCUT2D eigenvalue weighted by atomic mass is 32.1. The number of nitrogens with zero attached hydrogens (tertiary/aromatic N) is 2. The van der Waals surface area contributed by atoms with Crippen LogP contribution in [0.3, 0.4) is 0 Å². The molecule has 1 unspecified atom stereocenters. The highest BCUT2D eigenvalue weighted by molar-refractivity contribution is 7.80. The summed E-state index contributed by atoms with van der Waals surface area (Å²) in [6.45, 7) is 2.33. The van der Waals surface area contributed by atoms with Crippen LogP contribution in [0, 0.1) is 0 Å². The summed E-state index contributed by atoms with van der Waals surface area (Å²) in [5, 5.41) is 0. The van der Waals surface area contributed by atoms with E-state index >= 15 is 0 Å². The van der Waals surface area contributed by atoms with Crippen LogP contribution in [0.1, 0.15) is 0 Å². The van der Waals surface area contributed by atoms with Crippen LogP contribution in [0.25, 0.3) is 0 Å². The molecule has 0 bridgehead atoms. The Morgan fingerprint density at radius 1 is 1.67 bits per heavy atom. The summed E-state index contributed by atoms with van der Waals surface area (Å²) in [5.41, 5.74) is 5.50. The Bertz CT molecular complexity index is 258. The molecule has 0 spiro atoms. The predicted molar refractivity (Wildman–Crippen MR) is 61.7 cm³/mol. The van der Waals surface area contributed by atoms with E-state index in [-0.39, 0.29) is 12.0 Å². The molecule has 1 saturated heterocycles. The number of hydrogen-bond acceptors (Lipinski definition) is 4. The number of thiocarbonyl (C=S) groups is 1. The van der Waals surface area contributed by atoms with Gasteiger partial charge in [-0.15, -0.1) is 0 Å². The number of likely N-dealkylation sites (N-methyl/N-ethyl adjacent to an activating group) is 1. The highest BCUT2D eigenvalue weighted by Gasteiger charge is 2.24. The second-order valence-corrected chi connectivity index (χ2v) is 4.26. The van der Waals surface area contributed by atoms with Crippen LogP contribution in [-0.4, -0.2) is 67.1 Å². The van der Waals surface area contributed by atoms with Crippen molar-refractivity contribution in [1.82, 2.24) is 9.80 Å². The molecule has 1 rings (SSSR count). The molecule has 5 nitrogen and oxygen atoms in total. The fraction of sp³-hybridized carbons (Fsp3) is 0.778. The SMILES string of the molecule is CN(C)C(=O)CN1CCOC(C(N)=S)C1. The van der Waals surface area contributed by atoms with Gasteiger partial charge < -0.3 is 15.4 Å². The Balaban J connectivity index is 2.43. The van der Waals surface area contributed by atoms with Gasteiger partial charge in [-0.1, -0.05) is 12.2 Å². The van der Waals surface area contributed by atoms with E-state index in [1.165, 1.54) is 0 Å². The van der Waals surface area contributed by atoms with Crippen molar-refractivity contribution in [3.63, 3.8) is 0 Å². The Hall–Kier alpha value is -0.720. The van der Waals surface area contributed by atoms with Crippen LogP contribution in [0.4, 0.5) is 0 Å². The first-order chi connectivity index (χ1) is 7.00. The van der Waals surface area contributed by atoms with E-state index in [0.717, 1.165) is 6.54 Å². The van der Waals surface area contributed by atoms with E-state index < -0.39 is 0 Å². The Labute approximate surface area is 95.1 Å². The van der Waals surface area contributed by atoms with Gasteiger partial charge in [-0.2, -0.15) is 0 Å². The maximum atomic E-state index is 11.5. The monoisotopic (exact) mass is 231 g/mol. The maximum absolute atomic E-state index is 11.5. The van der Waals surface area contributed by atoms with Crippen molar-refractivity contribution in [2.75, 3.05) is 40.3 Å². The lowest BCUT2D eigenvalue weighted by Crippen LogP contribution is -2.50. The smallest absolute Gasteiger partial charge is 0.236 e. The third-order valence-corrected chi connectivity index (χ3v) is 2.59. The molecule has 1 atom stereocenters. The first-order valence-electron chi connectivity index (χ1n) is 4.84. The number of ether oxygens (including phenoxy) is 1. The van der Waals surface area contributed by atoms with Crippen LogP contribution in [-0.2, 0) is 9.53 Å². The maximum Gasteiger partial charge on any atom is 0.236 e. The molecule has 0 aromatic carbocycles. The second-order valence-electron chi connectivity index (χ2n) is 3.79. The molecular formula is C9H17N3O2S. The molecule has 1 fully saturated rings. The molecule has 0 aromatic rings. The van der Waals surface area contributed by atoms with Gasteiger partial charge in [0.1, 0.15) is 11.1 Å². The Morgan fingerprint density at radius 2 is 2.33 bits per heavy atom. The highest BCUT2D eigenvalue weighted by Crippen LogP contribution is 2.05. The molecule has 1 heterocycles. The van der Waals surface area contributed by atoms with Gasteiger partial charge in [0.25, 0.3) is 0 Å². The van der Waals surface area contributed by atoms with Gasteiger partial charge in [0.2, 0.25) is 5.91 Å². The molecule has 1 amide bonds. The second kappa shape index (κ2) is 5.39. The van der Waals surface area contributed by atoms with Gasteiger partial charge in [0, 0.05) is 27.2 Å². The number of morpholine rings is 1. The summed E-state index contributed by atoms with van der Waals surface area (Å²) < 4.78 is 5.38. The summed E-state index contributed by atoms with van der Waals surface area (Å²) in [5.74, 6) is 0.0820. The Kier molecular flexibility index (Phi) is 4.44. The topological polar surface area (TPSA) is 58.8 Å². The zero-order valence-electron chi connectivity index (χ0n) is 9.10. The summed E-state index contributed by atoms with van der Waals surface area (Å²) >= 11 is 4.86. The predicted octanol–water partition coefficient (Wildman–Crippen LogP) is -0.938. The van der Waals surface area contributed by atoms with Crippen molar-refractivity contribution in [3.05, 3.63) is 0 Å². The average molecular weight is 231 g/mol. The Morgan fingerprint density at radius 3 is 2.87 bits per heavy atom. The normalized spacial score (nSPS) is 22.4. The molecular weight excluding hydrogens is 214 g/mol. The summed E-state index contributed by atoms with van der Waals surface area (Å²) in [6, 6.07) is 0. The van der Waals surface area contributed by atoms with E-state index in [1.54, 1.807) is 19.0 Å². The fourth-order valence-electron chi connectivity index (χ4n) is 1.35. The van der Waals surface area contributed by atoms with Crippen LogP contribution in [0.5, 0.6) is 0 Å². The van der Waals surface area contributed by atoms with Crippen LogP contribution < -0.4 is 5.73 Å². The van der Waals surface area contributed by atoms with Gasteiger partial charge >= 0.3 is 0 Å². The standard InChI is InChI=1S/C9H17N3O2S/c1-11(2)8(13)6-12-3-4-14-7(5-12)9(10)15/h7H,3-6H2,1-2H3,(H2,10,15). The lowest BCUT2D eigenvalue weighted by atomic mass is 10.2. The fourth-order valence-corrected chi connectivity index (χ4v) is 1.49. The minimum absolute atomic E-state index is 0.0820. The van der Waals surface area contributed by atoms with Gasteiger partial charge in [-0.05, 0) is 0 Å². The number of carbonyl (C=O) groups excluding carboxylic acids is 1. The van der Waals surface area contributed by atoms with Crippen LogP contribution >= 0.6 is 12.2 Å². The molecule has 0 saturated carbocycles. The van der Waals surface area contributed by atoms with Crippen molar-refractivity contribution in [2.24, 2.45) is 5.73 Å². The zero-order chi connectivity index (χ0) is 11.4. The summed E-state index contributed by atoms with van der Waals surface area (Å²) in [7, 11) is 3.49. The molecule has 86 valence electrons. The lowest BCUT2D eigenvalue weighted by molar-refractivity contribution is -0.131. The van der Waals surface area contributed by atoms with E-state index in [4.69, 9.17) is 22.7 Å². The molecule has 1 aliphatic heterocycles. The molecule has 15 heavy (non-hydrogen) atoms. The molecule has 1 aliphatic rings. The van der Waals surface area contributed by atoms with Gasteiger partial charge in [-0.25, -0.2) is 0 Å². The van der Waals surface area contributed by atoms with Crippen molar-refractivity contribution in [3.8, 4) is 0 Å². The number of rotatable bonds is 3. The average Bonchev–Trinajstić information content (AvgIpc) is 2.18. The largest absolute Gasteiger partial charge is 0.391 e. The van der Waals surface area contributed by atoms with Crippen molar-refractivity contribution in [2.45, 2.75) is 6.10 Å². The summed E-state index contributed by atoms with van der Waals surface area (Å²) in [6.07, 6.45) is -0.219. The van der Waals surface area contributed by atoms with Gasteiger partial charge in [-0.3, -0.25) is 9.69 Å². The first-order valence-corrected chi connectivity index (χ1v) is 5.25. The van der Waals surface area contributed by atoms with Crippen molar-refractivity contribution < 1.29 is 9.53 Å². The van der Waals surface area contributed by atoms with E-state index in [2.05, 4.69) is 0 Å². The minimum Gasteiger partial charge on any atom is -0.391 e. The zero-order valence-corrected chi connectivity index (χ0v) is 9.92. The molecule has 0 radical (unpaired) electrons. The number of hydrogen-bond donors (Lipinski definition) is 1. The van der Waals surface area contributed by atoms with Gasteiger partial charge in [0.15, 0.2) is 0 Å². The quantitative estimate of drug-likeness (QED) is 0.635. The van der Waals surface area contributed by atoms with Crippen LogP contribution in [0.2, 0.25) is 0 Å². The van der Waals surface area contributed by atoms with Crippen molar-refractivity contribution in [1.29, 1.82) is 0 Å². The minimum atomic E-state index is -0.219. The number of carbonyl (C=O) groups is 1.